The second kappa shape index (κ2) is 51.8. The van der Waals surface area contributed by atoms with Crippen LogP contribution in [0.25, 0.3) is 0 Å². The predicted octanol–water partition coefficient (Wildman–Crippen LogP) is 17.5. The lowest BCUT2D eigenvalue weighted by molar-refractivity contribution is -0.151. The number of carbonyl (C=O) groups is 2. The monoisotopic (exact) mass is 892 g/mol. The van der Waals surface area contributed by atoms with E-state index in [9.17, 15) is 19.8 Å². The van der Waals surface area contributed by atoms with Crippen LogP contribution in [0.5, 0.6) is 0 Å². The molecule has 0 aliphatic carbocycles. The first-order valence-corrected chi connectivity index (χ1v) is 28.8. The van der Waals surface area contributed by atoms with Crippen LogP contribution in [0.15, 0.2) is 0 Å². The number of ether oxygens (including phenoxy) is 1. The van der Waals surface area contributed by atoms with Gasteiger partial charge in [-0.2, -0.15) is 0 Å². The molecule has 3 N–H and O–H groups in total. The van der Waals surface area contributed by atoms with Crippen LogP contribution in [-0.2, 0) is 14.3 Å². The van der Waals surface area contributed by atoms with Crippen LogP contribution >= 0.6 is 0 Å². The molecule has 0 aromatic rings. The van der Waals surface area contributed by atoms with E-state index in [-0.39, 0.29) is 24.9 Å². The van der Waals surface area contributed by atoms with Gasteiger partial charge < -0.3 is 20.3 Å². The van der Waals surface area contributed by atoms with Crippen LogP contribution in [0, 0.1) is 0 Å². The largest absolute Gasteiger partial charge is 0.462 e. The molecule has 0 rings (SSSR count). The fourth-order valence-electron chi connectivity index (χ4n) is 9.32. The zero-order valence-electron chi connectivity index (χ0n) is 43.0. The molecule has 6 nitrogen and oxygen atoms in total. The molecule has 63 heavy (non-hydrogen) atoms. The first kappa shape index (κ1) is 61.9. The first-order chi connectivity index (χ1) is 31.0. The molecule has 3 unspecified atom stereocenters. The molecule has 6 heteroatoms. The van der Waals surface area contributed by atoms with Crippen molar-refractivity contribution < 1.29 is 24.5 Å². The smallest absolute Gasteiger partial charge is 0.306 e. The Morgan fingerprint density at radius 3 is 0.968 bits per heavy atom. The van der Waals surface area contributed by atoms with E-state index in [2.05, 4.69) is 26.1 Å². The Kier molecular flexibility index (Phi) is 50.9. The number of hydrogen-bond acceptors (Lipinski definition) is 5. The summed E-state index contributed by atoms with van der Waals surface area (Å²) in [5.41, 5.74) is 0. The summed E-state index contributed by atoms with van der Waals surface area (Å²) >= 11 is 0. The number of rotatable bonds is 53. The highest BCUT2D eigenvalue weighted by Gasteiger charge is 2.24. The summed E-state index contributed by atoms with van der Waals surface area (Å²) in [5.74, 6) is -0.445. The van der Waals surface area contributed by atoms with Crippen LogP contribution in [0.2, 0.25) is 0 Å². The molecular weight excluding hydrogens is 779 g/mol. The van der Waals surface area contributed by atoms with Gasteiger partial charge in [-0.05, 0) is 25.7 Å². The number of esters is 1. The van der Waals surface area contributed by atoms with Crippen LogP contribution in [0.3, 0.4) is 0 Å². The Morgan fingerprint density at radius 2 is 0.667 bits per heavy atom. The summed E-state index contributed by atoms with van der Waals surface area (Å²) in [5, 5.41) is 23.8. The van der Waals surface area contributed by atoms with Gasteiger partial charge in [-0.3, -0.25) is 9.59 Å². The van der Waals surface area contributed by atoms with Crippen molar-refractivity contribution in [1.82, 2.24) is 5.32 Å². The van der Waals surface area contributed by atoms with Crippen molar-refractivity contribution in [2.45, 2.75) is 347 Å². The van der Waals surface area contributed by atoms with Crippen molar-refractivity contribution in [2.75, 3.05) is 6.61 Å². The molecule has 376 valence electrons. The van der Waals surface area contributed by atoms with E-state index in [1.165, 1.54) is 244 Å². The minimum atomic E-state index is -0.779. The Labute approximate surface area is 394 Å². The molecule has 0 spiro atoms. The van der Waals surface area contributed by atoms with Gasteiger partial charge in [-0.15, -0.1) is 0 Å². The number of aliphatic hydroxyl groups excluding tert-OH is 2. The van der Waals surface area contributed by atoms with Crippen LogP contribution < -0.4 is 5.32 Å². The fourth-order valence-corrected chi connectivity index (χ4v) is 9.32. The number of aliphatic hydroxyl groups is 2. The molecule has 0 saturated carbocycles. The highest BCUT2D eigenvalue weighted by Crippen LogP contribution is 2.19. The van der Waals surface area contributed by atoms with Gasteiger partial charge in [0.15, 0.2) is 0 Å². The molecule has 0 bridgehead atoms. The van der Waals surface area contributed by atoms with Gasteiger partial charge in [0.05, 0.1) is 25.2 Å². The second-order valence-corrected chi connectivity index (χ2v) is 20.1. The van der Waals surface area contributed by atoms with Gasteiger partial charge in [-0.1, -0.05) is 290 Å². The summed E-state index contributed by atoms with van der Waals surface area (Å²) < 4.78 is 5.97. The molecular formula is C57H113NO5. The highest BCUT2D eigenvalue weighted by molar-refractivity contribution is 5.77. The minimum absolute atomic E-state index is 0.0886. The first-order valence-electron chi connectivity index (χ1n) is 28.8. The lowest BCUT2D eigenvalue weighted by Gasteiger charge is -2.24. The summed E-state index contributed by atoms with van der Waals surface area (Å²) in [6, 6.07) is -0.692. The predicted molar refractivity (Wildman–Crippen MR) is 274 cm³/mol. The third-order valence-corrected chi connectivity index (χ3v) is 13.7. The molecule has 0 fully saturated rings. The fraction of sp³-hybridized carbons (Fsp3) is 0.965. The maximum atomic E-state index is 13.2. The zero-order chi connectivity index (χ0) is 45.9. The van der Waals surface area contributed by atoms with Crippen molar-refractivity contribution in [2.24, 2.45) is 0 Å². The quantitative estimate of drug-likeness (QED) is 0.0418. The van der Waals surface area contributed by atoms with Gasteiger partial charge in [0.25, 0.3) is 0 Å². The summed E-state index contributed by atoms with van der Waals surface area (Å²) in [7, 11) is 0. The van der Waals surface area contributed by atoms with Crippen molar-refractivity contribution in [3.05, 3.63) is 0 Å². The standard InChI is InChI=1S/C57H113NO5/c1-4-7-10-13-16-19-22-25-27-28-30-31-33-36-39-42-45-48-53(63-57(62)50-47-44-41-38-35-32-29-26-23-20-17-14-11-8-5-2)51-56(61)58-54(52-59)55(60)49-46-43-40-37-34-24-21-18-15-12-9-6-3/h53-55,59-60H,4-52H2,1-3H3,(H,58,61). The van der Waals surface area contributed by atoms with E-state index in [1.54, 1.807) is 0 Å². The number of carbonyl (C=O) groups excluding carboxylic acids is 2. The summed E-state index contributed by atoms with van der Waals surface area (Å²) in [6.45, 7) is 6.53. The molecule has 0 saturated heterocycles. The normalized spacial score (nSPS) is 13.0. The number of hydrogen-bond donors (Lipinski definition) is 3. The van der Waals surface area contributed by atoms with Crippen LogP contribution in [-0.4, -0.2) is 46.9 Å². The average Bonchev–Trinajstić information content (AvgIpc) is 3.28. The van der Waals surface area contributed by atoms with E-state index >= 15 is 0 Å². The third-order valence-electron chi connectivity index (χ3n) is 13.7. The number of unbranched alkanes of at least 4 members (excludes halogenated alkanes) is 41. The second-order valence-electron chi connectivity index (χ2n) is 20.1. The highest BCUT2D eigenvalue weighted by atomic mass is 16.5. The molecule has 0 radical (unpaired) electrons. The maximum Gasteiger partial charge on any atom is 0.306 e. The van der Waals surface area contributed by atoms with Crippen molar-refractivity contribution >= 4 is 11.9 Å². The van der Waals surface area contributed by atoms with E-state index in [4.69, 9.17) is 4.74 Å². The number of nitrogens with one attached hydrogen (secondary N) is 1. The minimum Gasteiger partial charge on any atom is -0.462 e. The average molecular weight is 893 g/mol. The molecule has 0 aliphatic heterocycles. The lowest BCUT2D eigenvalue weighted by atomic mass is 10.0. The Hall–Kier alpha value is -1.14. The van der Waals surface area contributed by atoms with Crippen LogP contribution in [0.1, 0.15) is 329 Å². The van der Waals surface area contributed by atoms with Crippen molar-refractivity contribution in [3.8, 4) is 0 Å². The summed E-state index contributed by atoms with van der Waals surface area (Å²) in [6.07, 6.45) is 57.4. The van der Waals surface area contributed by atoms with E-state index in [0.29, 0.717) is 19.3 Å². The van der Waals surface area contributed by atoms with Gasteiger partial charge in [-0.25, -0.2) is 0 Å². The van der Waals surface area contributed by atoms with E-state index in [1.807, 2.05) is 0 Å². The molecule has 0 heterocycles. The van der Waals surface area contributed by atoms with Crippen LogP contribution in [0.4, 0.5) is 0 Å². The third kappa shape index (κ3) is 47.2. The van der Waals surface area contributed by atoms with E-state index in [0.717, 1.165) is 38.5 Å². The SMILES string of the molecule is CCCCCCCCCCCCCCCCCCCC(CC(=O)NC(CO)C(O)CCCCCCCCCCCCCC)OC(=O)CCCCCCCCCCCCCCCCC. The van der Waals surface area contributed by atoms with E-state index < -0.39 is 18.2 Å². The van der Waals surface area contributed by atoms with Gasteiger partial charge in [0.1, 0.15) is 6.10 Å². The molecule has 1 amide bonds. The molecule has 0 aromatic carbocycles. The molecule has 3 atom stereocenters. The molecule has 0 aliphatic rings. The van der Waals surface area contributed by atoms with Gasteiger partial charge in [0.2, 0.25) is 5.91 Å². The number of amides is 1. The topological polar surface area (TPSA) is 95.9 Å². The Balaban J connectivity index is 4.50. The zero-order valence-corrected chi connectivity index (χ0v) is 43.0. The summed E-state index contributed by atoms with van der Waals surface area (Å²) in [4.78, 5) is 26.2. The maximum absolute atomic E-state index is 13.2. The van der Waals surface area contributed by atoms with Crippen molar-refractivity contribution in [1.29, 1.82) is 0 Å². The van der Waals surface area contributed by atoms with Gasteiger partial charge >= 0.3 is 5.97 Å². The molecule has 0 aromatic heterocycles. The Bertz CT molecular complexity index is 913. The Morgan fingerprint density at radius 1 is 0.397 bits per heavy atom. The van der Waals surface area contributed by atoms with Gasteiger partial charge in [0, 0.05) is 6.42 Å². The van der Waals surface area contributed by atoms with Crippen molar-refractivity contribution in [3.63, 3.8) is 0 Å². The lowest BCUT2D eigenvalue weighted by Crippen LogP contribution is -2.46.